The molecule has 1 rings (SSSR count). The minimum absolute atomic E-state index is 0.0365. The Hall–Kier alpha value is -0.810. The molecule has 0 aromatic carbocycles. The number of amides is 1. The highest BCUT2D eigenvalue weighted by Gasteiger charge is 2.20. The second-order valence-electron chi connectivity index (χ2n) is 3.30. The molecule has 82 valence electrons. The lowest BCUT2D eigenvalue weighted by Gasteiger charge is -2.06. The summed E-state index contributed by atoms with van der Waals surface area (Å²) in [4.78, 5) is 10.8. The van der Waals surface area contributed by atoms with Gasteiger partial charge in [0.05, 0.1) is 13.2 Å². The van der Waals surface area contributed by atoms with Crippen molar-refractivity contribution in [3.8, 4) is 0 Å². The first-order chi connectivity index (χ1) is 6.83. The summed E-state index contributed by atoms with van der Waals surface area (Å²) in [7, 11) is 0. The number of hydrogen-bond acceptors (Lipinski definition) is 4. The predicted molar refractivity (Wildman–Crippen MR) is 50.0 cm³/mol. The Morgan fingerprint density at radius 3 is 2.86 bits per heavy atom. The van der Waals surface area contributed by atoms with Crippen LogP contribution in [0.2, 0.25) is 0 Å². The quantitative estimate of drug-likeness (QED) is 0.577. The Kier molecular flexibility index (Phi) is 5.32. The average molecular weight is 203 g/mol. The number of nitrogens with one attached hydrogen (secondary N) is 1. The molecule has 0 aromatic rings. The van der Waals surface area contributed by atoms with Crippen LogP contribution >= 0.6 is 0 Å². The molecule has 0 unspecified atom stereocenters. The first-order valence-corrected chi connectivity index (χ1v) is 4.92. The lowest BCUT2D eigenvalue weighted by atomic mass is 10.5. The minimum atomic E-state index is -0.505. The predicted octanol–water partition coefficient (Wildman–Crippen LogP) is 0.131. The summed E-state index contributed by atoms with van der Waals surface area (Å²) in [5.41, 5.74) is 0. The van der Waals surface area contributed by atoms with Gasteiger partial charge >= 0.3 is 6.09 Å². The maximum atomic E-state index is 10.8. The van der Waals surface area contributed by atoms with E-state index in [-0.39, 0.29) is 13.2 Å². The van der Waals surface area contributed by atoms with Crippen molar-refractivity contribution in [1.82, 2.24) is 5.32 Å². The molecule has 1 fully saturated rings. The first-order valence-electron chi connectivity index (χ1n) is 4.92. The van der Waals surface area contributed by atoms with Gasteiger partial charge in [0.2, 0.25) is 0 Å². The molecule has 2 N–H and O–H groups in total. The van der Waals surface area contributed by atoms with E-state index in [2.05, 4.69) is 10.1 Å². The number of ether oxygens (including phenoxy) is 2. The van der Waals surface area contributed by atoms with Gasteiger partial charge in [-0.25, -0.2) is 4.79 Å². The van der Waals surface area contributed by atoms with Crippen LogP contribution < -0.4 is 5.32 Å². The van der Waals surface area contributed by atoms with E-state index in [4.69, 9.17) is 9.84 Å². The van der Waals surface area contributed by atoms with Crippen LogP contribution in [0.15, 0.2) is 0 Å². The summed E-state index contributed by atoms with van der Waals surface area (Å²) in [6.45, 7) is 1.66. The zero-order valence-electron chi connectivity index (χ0n) is 8.20. The fourth-order valence-corrected chi connectivity index (χ4v) is 0.949. The molecule has 5 heteroatoms. The summed E-state index contributed by atoms with van der Waals surface area (Å²) in [6, 6.07) is 0. The Morgan fingerprint density at radius 2 is 2.21 bits per heavy atom. The van der Waals surface area contributed by atoms with Gasteiger partial charge in [0.25, 0.3) is 0 Å². The second kappa shape index (κ2) is 6.62. The van der Waals surface area contributed by atoms with E-state index in [1.54, 1.807) is 0 Å². The Bertz CT molecular complexity index is 170. The molecule has 0 aliphatic heterocycles. The number of rotatable bonds is 7. The monoisotopic (exact) mass is 203 g/mol. The highest BCUT2D eigenvalue weighted by Crippen LogP contribution is 2.28. The van der Waals surface area contributed by atoms with Crippen molar-refractivity contribution in [1.29, 1.82) is 0 Å². The number of aliphatic hydroxyl groups is 1. The van der Waals surface area contributed by atoms with Crippen LogP contribution in [0.3, 0.4) is 0 Å². The van der Waals surface area contributed by atoms with E-state index in [0.29, 0.717) is 13.2 Å². The van der Waals surface area contributed by atoms with E-state index in [9.17, 15) is 4.79 Å². The van der Waals surface area contributed by atoms with Crippen molar-refractivity contribution in [2.45, 2.75) is 12.8 Å². The lowest BCUT2D eigenvalue weighted by molar-refractivity contribution is 0.105. The molecule has 5 nitrogen and oxygen atoms in total. The van der Waals surface area contributed by atoms with Crippen LogP contribution in [0.1, 0.15) is 12.8 Å². The van der Waals surface area contributed by atoms with Crippen LogP contribution in [0.5, 0.6) is 0 Å². The van der Waals surface area contributed by atoms with Gasteiger partial charge in [0.1, 0.15) is 6.61 Å². The SMILES string of the molecule is O=C(NCCOCC1CC1)OCCO. The third-order valence-corrected chi connectivity index (χ3v) is 1.89. The highest BCUT2D eigenvalue weighted by molar-refractivity contribution is 5.66. The number of carbonyl (C=O) groups is 1. The van der Waals surface area contributed by atoms with E-state index >= 15 is 0 Å². The van der Waals surface area contributed by atoms with Crippen molar-refractivity contribution in [3.63, 3.8) is 0 Å². The molecule has 0 bridgehead atoms. The average Bonchev–Trinajstić information content (AvgIpc) is 2.98. The fraction of sp³-hybridized carbons (Fsp3) is 0.889. The minimum Gasteiger partial charge on any atom is -0.447 e. The van der Waals surface area contributed by atoms with Crippen LogP contribution in [-0.2, 0) is 9.47 Å². The largest absolute Gasteiger partial charge is 0.447 e. The van der Waals surface area contributed by atoms with Gasteiger partial charge < -0.3 is 19.9 Å². The second-order valence-corrected chi connectivity index (χ2v) is 3.30. The molecule has 0 spiro atoms. The molecule has 1 aliphatic carbocycles. The van der Waals surface area contributed by atoms with Crippen molar-refractivity contribution >= 4 is 6.09 Å². The topological polar surface area (TPSA) is 67.8 Å². The number of alkyl carbamates (subject to hydrolysis) is 1. The van der Waals surface area contributed by atoms with Gasteiger partial charge in [0.15, 0.2) is 0 Å². The lowest BCUT2D eigenvalue weighted by Crippen LogP contribution is -2.28. The van der Waals surface area contributed by atoms with Crippen LogP contribution in [-0.4, -0.2) is 44.2 Å². The third-order valence-electron chi connectivity index (χ3n) is 1.89. The van der Waals surface area contributed by atoms with Gasteiger partial charge in [0, 0.05) is 13.2 Å². The molecule has 0 heterocycles. The molecular weight excluding hydrogens is 186 g/mol. The molecule has 14 heavy (non-hydrogen) atoms. The zero-order chi connectivity index (χ0) is 10.2. The normalized spacial score (nSPS) is 15.2. The van der Waals surface area contributed by atoms with Crippen LogP contribution in [0, 0.1) is 5.92 Å². The molecule has 0 atom stereocenters. The molecule has 1 amide bonds. The van der Waals surface area contributed by atoms with Crippen LogP contribution in [0.25, 0.3) is 0 Å². The van der Waals surface area contributed by atoms with Crippen molar-refractivity contribution < 1.29 is 19.4 Å². The molecule has 1 aliphatic rings. The number of carbonyl (C=O) groups excluding carboxylic acids is 1. The summed E-state index contributed by atoms with van der Waals surface area (Å²) in [6.07, 6.45) is 2.03. The van der Waals surface area contributed by atoms with E-state index in [0.717, 1.165) is 12.5 Å². The van der Waals surface area contributed by atoms with Gasteiger partial charge in [-0.1, -0.05) is 0 Å². The number of aliphatic hydroxyl groups excluding tert-OH is 1. The fourth-order valence-electron chi connectivity index (χ4n) is 0.949. The van der Waals surface area contributed by atoms with E-state index in [1.165, 1.54) is 12.8 Å². The summed E-state index contributed by atoms with van der Waals surface area (Å²) >= 11 is 0. The van der Waals surface area contributed by atoms with Gasteiger partial charge in [-0.3, -0.25) is 0 Å². The third kappa shape index (κ3) is 5.77. The van der Waals surface area contributed by atoms with Crippen molar-refractivity contribution in [2.75, 3.05) is 33.0 Å². The van der Waals surface area contributed by atoms with Gasteiger partial charge in [-0.2, -0.15) is 0 Å². The molecule has 1 saturated carbocycles. The summed E-state index contributed by atoms with van der Waals surface area (Å²) in [5.74, 6) is 0.747. The Labute approximate surface area is 83.4 Å². The maximum Gasteiger partial charge on any atom is 0.407 e. The Morgan fingerprint density at radius 1 is 1.43 bits per heavy atom. The van der Waals surface area contributed by atoms with Crippen LogP contribution in [0.4, 0.5) is 4.79 Å². The summed E-state index contributed by atoms with van der Waals surface area (Å²) in [5, 5.41) is 10.9. The summed E-state index contributed by atoms with van der Waals surface area (Å²) < 4.78 is 9.87. The molecule has 0 saturated heterocycles. The Balaban J connectivity index is 1.79. The maximum absolute atomic E-state index is 10.8. The zero-order valence-corrected chi connectivity index (χ0v) is 8.20. The number of hydrogen-bond donors (Lipinski definition) is 2. The van der Waals surface area contributed by atoms with E-state index < -0.39 is 6.09 Å². The first kappa shape index (κ1) is 11.3. The molecule has 0 radical (unpaired) electrons. The highest BCUT2D eigenvalue weighted by atomic mass is 16.6. The van der Waals surface area contributed by atoms with Crippen molar-refractivity contribution in [3.05, 3.63) is 0 Å². The smallest absolute Gasteiger partial charge is 0.407 e. The van der Waals surface area contributed by atoms with Crippen molar-refractivity contribution in [2.24, 2.45) is 5.92 Å². The molecule has 0 aromatic heterocycles. The molecular formula is C9H17NO4. The van der Waals surface area contributed by atoms with Gasteiger partial charge in [-0.05, 0) is 18.8 Å². The standard InChI is InChI=1S/C9H17NO4/c11-4-6-14-9(12)10-3-5-13-7-8-1-2-8/h8,11H,1-7H2,(H,10,12). The van der Waals surface area contributed by atoms with Gasteiger partial charge in [-0.15, -0.1) is 0 Å². The van der Waals surface area contributed by atoms with E-state index in [1.807, 2.05) is 0 Å².